The third-order valence-electron chi connectivity index (χ3n) is 4.24. The quantitative estimate of drug-likeness (QED) is 0.747. The van der Waals surface area contributed by atoms with E-state index in [1.165, 1.54) is 13.2 Å². The Bertz CT molecular complexity index is 580. The van der Waals surface area contributed by atoms with E-state index in [1.807, 2.05) is 0 Å². The second-order valence-corrected chi connectivity index (χ2v) is 5.94. The minimum absolute atomic E-state index is 0.246. The highest BCUT2D eigenvalue weighted by Crippen LogP contribution is 2.38. The second kappa shape index (κ2) is 8.06. The van der Waals surface area contributed by atoms with Crippen molar-refractivity contribution in [2.24, 2.45) is 0 Å². The Kier molecular flexibility index (Phi) is 6.09. The zero-order valence-corrected chi connectivity index (χ0v) is 14.4. The molecule has 0 spiro atoms. The van der Waals surface area contributed by atoms with E-state index in [-0.39, 0.29) is 12.5 Å². The lowest BCUT2D eigenvalue weighted by molar-refractivity contribution is -0.117. The van der Waals surface area contributed by atoms with Crippen LogP contribution in [0.15, 0.2) is 18.2 Å². The van der Waals surface area contributed by atoms with Crippen LogP contribution in [0.25, 0.3) is 6.08 Å². The molecule has 0 heterocycles. The van der Waals surface area contributed by atoms with Crippen LogP contribution >= 0.6 is 0 Å². The lowest BCUT2D eigenvalue weighted by Crippen LogP contribution is -2.40. The van der Waals surface area contributed by atoms with Crippen LogP contribution < -0.4 is 19.5 Å². The minimum Gasteiger partial charge on any atom is -0.493 e. The number of carbonyl (C=O) groups is 1. The van der Waals surface area contributed by atoms with E-state index in [0.29, 0.717) is 17.2 Å². The first-order valence-corrected chi connectivity index (χ1v) is 7.99. The highest BCUT2D eigenvalue weighted by atomic mass is 16.5. The van der Waals surface area contributed by atoms with Gasteiger partial charge in [0.15, 0.2) is 11.5 Å². The molecule has 1 aliphatic rings. The molecule has 24 heavy (non-hydrogen) atoms. The van der Waals surface area contributed by atoms with E-state index in [0.717, 1.165) is 31.2 Å². The summed E-state index contributed by atoms with van der Waals surface area (Å²) in [6.45, 7) is 0.283. The number of carbonyl (C=O) groups excluding carboxylic acids is 1. The van der Waals surface area contributed by atoms with Gasteiger partial charge in [0, 0.05) is 12.6 Å². The van der Waals surface area contributed by atoms with Crippen molar-refractivity contribution in [2.75, 3.05) is 27.9 Å². The van der Waals surface area contributed by atoms with Crippen LogP contribution in [0.5, 0.6) is 17.2 Å². The zero-order chi connectivity index (χ0) is 17.6. The molecule has 1 saturated carbocycles. The topological polar surface area (TPSA) is 77.0 Å². The molecule has 1 aromatic rings. The first-order valence-electron chi connectivity index (χ1n) is 7.99. The first kappa shape index (κ1) is 18.1. The van der Waals surface area contributed by atoms with Crippen molar-refractivity contribution in [3.05, 3.63) is 23.8 Å². The molecular weight excluding hydrogens is 310 g/mol. The fourth-order valence-corrected chi connectivity index (χ4v) is 2.89. The summed E-state index contributed by atoms with van der Waals surface area (Å²) >= 11 is 0. The van der Waals surface area contributed by atoms with E-state index >= 15 is 0 Å². The van der Waals surface area contributed by atoms with Gasteiger partial charge in [0.2, 0.25) is 11.7 Å². The van der Waals surface area contributed by atoms with Crippen LogP contribution in [-0.2, 0) is 4.79 Å². The predicted molar refractivity (Wildman–Crippen MR) is 91.6 cm³/mol. The smallest absolute Gasteiger partial charge is 0.244 e. The van der Waals surface area contributed by atoms with Gasteiger partial charge in [-0.05, 0) is 36.6 Å². The zero-order valence-electron chi connectivity index (χ0n) is 14.4. The van der Waals surface area contributed by atoms with Gasteiger partial charge >= 0.3 is 0 Å². The van der Waals surface area contributed by atoms with Crippen LogP contribution in [0.4, 0.5) is 0 Å². The summed E-state index contributed by atoms with van der Waals surface area (Å²) in [5.41, 5.74) is -0.00463. The van der Waals surface area contributed by atoms with Crippen molar-refractivity contribution in [3.63, 3.8) is 0 Å². The molecule has 2 rings (SSSR count). The van der Waals surface area contributed by atoms with Crippen LogP contribution in [-0.4, -0.2) is 44.5 Å². The number of methoxy groups -OCH3 is 3. The van der Waals surface area contributed by atoms with Crippen LogP contribution in [0.3, 0.4) is 0 Å². The Balaban J connectivity index is 2.03. The molecule has 0 atom stereocenters. The molecule has 0 saturated heterocycles. The van der Waals surface area contributed by atoms with Gasteiger partial charge in [-0.2, -0.15) is 0 Å². The molecule has 0 bridgehead atoms. The van der Waals surface area contributed by atoms with Crippen molar-refractivity contribution in [1.29, 1.82) is 0 Å². The Morgan fingerprint density at radius 2 is 1.75 bits per heavy atom. The van der Waals surface area contributed by atoms with Gasteiger partial charge in [0.05, 0.1) is 26.9 Å². The first-order chi connectivity index (χ1) is 11.5. The Hall–Kier alpha value is -2.21. The van der Waals surface area contributed by atoms with Gasteiger partial charge in [-0.1, -0.05) is 12.8 Å². The highest BCUT2D eigenvalue weighted by molar-refractivity contribution is 5.92. The largest absolute Gasteiger partial charge is 0.493 e. The molecule has 0 aliphatic heterocycles. The highest BCUT2D eigenvalue weighted by Gasteiger charge is 2.30. The third-order valence-corrected chi connectivity index (χ3v) is 4.24. The molecule has 0 radical (unpaired) electrons. The van der Waals surface area contributed by atoms with Gasteiger partial charge in [-0.3, -0.25) is 4.79 Å². The molecular formula is C18H25NO5. The third kappa shape index (κ3) is 4.41. The predicted octanol–water partition coefficient (Wildman–Crippen LogP) is 2.15. The summed E-state index contributed by atoms with van der Waals surface area (Å²) < 4.78 is 15.8. The van der Waals surface area contributed by atoms with Crippen molar-refractivity contribution >= 4 is 12.0 Å². The average molecular weight is 335 g/mol. The van der Waals surface area contributed by atoms with Gasteiger partial charge in [-0.25, -0.2) is 0 Å². The number of benzene rings is 1. The number of hydrogen-bond donors (Lipinski definition) is 2. The summed E-state index contributed by atoms with van der Waals surface area (Å²) in [6.07, 6.45) is 6.59. The summed E-state index contributed by atoms with van der Waals surface area (Å²) in [7, 11) is 4.62. The van der Waals surface area contributed by atoms with Crippen LogP contribution in [0.1, 0.15) is 31.2 Å². The molecule has 2 N–H and O–H groups in total. The maximum Gasteiger partial charge on any atom is 0.244 e. The number of aliphatic hydroxyl groups is 1. The van der Waals surface area contributed by atoms with E-state index in [2.05, 4.69) is 5.32 Å². The second-order valence-electron chi connectivity index (χ2n) is 5.94. The van der Waals surface area contributed by atoms with E-state index < -0.39 is 5.60 Å². The van der Waals surface area contributed by atoms with Crippen LogP contribution in [0.2, 0.25) is 0 Å². The normalized spacial score (nSPS) is 16.2. The Labute approximate surface area is 142 Å². The van der Waals surface area contributed by atoms with Crippen molar-refractivity contribution in [1.82, 2.24) is 5.32 Å². The molecule has 1 amide bonds. The summed E-state index contributed by atoms with van der Waals surface area (Å²) in [4.78, 5) is 12.0. The van der Waals surface area contributed by atoms with Crippen molar-refractivity contribution < 1.29 is 24.1 Å². The van der Waals surface area contributed by atoms with Crippen molar-refractivity contribution in [3.8, 4) is 17.2 Å². The molecule has 1 aliphatic carbocycles. The van der Waals surface area contributed by atoms with E-state index in [1.54, 1.807) is 32.4 Å². The molecule has 1 fully saturated rings. The maximum absolute atomic E-state index is 12.0. The summed E-state index contributed by atoms with van der Waals surface area (Å²) in [5.74, 6) is 1.31. The number of hydrogen-bond acceptors (Lipinski definition) is 5. The standard InChI is InChI=1S/C18H25NO5/c1-22-14-10-13(11-15(23-2)17(14)24-3)6-7-16(20)19-12-18(21)8-4-5-9-18/h6-7,10-11,21H,4-5,8-9,12H2,1-3H3,(H,19,20). The summed E-state index contributed by atoms with van der Waals surface area (Å²) in [5, 5.41) is 13.0. The number of ether oxygens (including phenoxy) is 3. The lowest BCUT2D eigenvalue weighted by atomic mass is 10.0. The Morgan fingerprint density at radius 3 is 2.25 bits per heavy atom. The average Bonchev–Trinajstić information content (AvgIpc) is 3.04. The molecule has 1 aromatic carbocycles. The lowest BCUT2D eigenvalue weighted by Gasteiger charge is -2.21. The maximum atomic E-state index is 12.0. The van der Waals surface area contributed by atoms with Gasteiger partial charge in [-0.15, -0.1) is 0 Å². The number of rotatable bonds is 7. The molecule has 6 heteroatoms. The minimum atomic E-state index is -0.754. The Morgan fingerprint density at radius 1 is 1.17 bits per heavy atom. The molecule has 6 nitrogen and oxygen atoms in total. The van der Waals surface area contributed by atoms with Crippen molar-refractivity contribution in [2.45, 2.75) is 31.3 Å². The fourth-order valence-electron chi connectivity index (χ4n) is 2.89. The van der Waals surface area contributed by atoms with Gasteiger partial charge in [0.25, 0.3) is 0 Å². The summed E-state index contributed by atoms with van der Waals surface area (Å²) in [6, 6.07) is 3.52. The fraction of sp³-hybridized carbons (Fsp3) is 0.500. The molecule has 0 unspecified atom stereocenters. The van der Waals surface area contributed by atoms with E-state index in [9.17, 15) is 9.90 Å². The SMILES string of the molecule is COc1cc(C=CC(=O)NCC2(O)CCCC2)cc(OC)c1OC. The number of amides is 1. The monoisotopic (exact) mass is 335 g/mol. The molecule has 0 aromatic heterocycles. The number of nitrogens with one attached hydrogen (secondary N) is 1. The van der Waals surface area contributed by atoms with Gasteiger partial charge < -0.3 is 24.6 Å². The molecule has 132 valence electrons. The van der Waals surface area contributed by atoms with Gasteiger partial charge in [0.1, 0.15) is 0 Å². The van der Waals surface area contributed by atoms with E-state index in [4.69, 9.17) is 14.2 Å². The van der Waals surface area contributed by atoms with Crippen LogP contribution in [0, 0.1) is 0 Å².